The fourth-order valence-corrected chi connectivity index (χ4v) is 8.75. The summed E-state index contributed by atoms with van der Waals surface area (Å²) >= 11 is 0. The zero-order valence-corrected chi connectivity index (χ0v) is 22.1. The Kier molecular flexibility index (Phi) is 3.90. The van der Waals surface area contributed by atoms with Gasteiger partial charge in [-0.3, -0.25) is 0 Å². The van der Waals surface area contributed by atoms with Crippen molar-refractivity contribution in [1.29, 1.82) is 0 Å². The number of fused-ring (bicyclic) bond motifs is 9. The Morgan fingerprint density at radius 2 is 1.42 bits per heavy atom. The molecular weight excluding hydrogens is 457 g/mol. The van der Waals surface area contributed by atoms with Crippen LogP contribution in [0.15, 0.2) is 97.1 Å². The molecule has 1 saturated carbocycles. The van der Waals surface area contributed by atoms with Gasteiger partial charge in [0.1, 0.15) is 0 Å². The lowest BCUT2D eigenvalue weighted by Crippen LogP contribution is -2.60. The van der Waals surface area contributed by atoms with Crippen LogP contribution in [0.2, 0.25) is 0 Å². The Hall–Kier alpha value is -3.78. The molecule has 38 heavy (non-hydrogen) atoms. The number of hydrogen-bond donors (Lipinski definition) is 0. The highest BCUT2D eigenvalue weighted by Crippen LogP contribution is 2.61. The molecule has 3 heterocycles. The summed E-state index contributed by atoms with van der Waals surface area (Å²) in [4.78, 5) is 2.82. The molecule has 0 N–H and O–H groups in total. The minimum atomic E-state index is 0.0806. The van der Waals surface area contributed by atoms with Crippen molar-refractivity contribution in [1.82, 2.24) is 0 Å². The van der Waals surface area contributed by atoms with Crippen molar-refractivity contribution in [2.45, 2.75) is 50.5 Å². The minimum Gasteiger partial charge on any atom is -0.335 e. The quantitative estimate of drug-likeness (QED) is 0.225. The maximum atomic E-state index is 2.82. The molecule has 0 bridgehead atoms. The molecule has 4 aliphatic rings. The summed E-state index contributed by atoms with van der Waals surface area (Å²) < 4.78 is 0. The Balaban J connectivity index is 1.43. The van der Waals surface area contributed by atoms with Crippen LogP contribution < -0.4 is 21.3 Å². The van der Waals surface area contributed by atoms with Crippen molar-refractivity contribution in [2.75, 3.05) is 4.90 Å². The molecule has 2 heteroatoms. The summed E-state index contributed by atoms with van der Waals surface area (Å²) in [5.74, 6) is 0. The summed E-state index contributed by atoms with van der Waals surface area (Å²) in [5, 5.41) is 2.67. The van der Waals surface area contributed by atoms with Crippen molar-refractivity contribution in [3.05, 3.63) is 103 Å². The lowest BCUT2D eigenvalue weighted by atomic mass is 9.37. The second-order valence-electron chi connectivity index (χ2n) is 12.4. The number of anilines is 2. The summed E-state index contributed by atoms with van der Waals surface area (Å²) in [6.07, 6.45) is 5.14. The molecule has 1 nitrogen and oxygen atoms in total. The maximum absolute atomic E-state index is 2.82. The monoisotopic (exact) mass is 487 g/mol. The first kappa shape index (κ1) is 21.2. The van der Waals surface area contributed by atoms with Crippen LogP contribution in [0.4, 0.5) is 11.4 Å². The number of benzene rings is 5. The van der Waals surface area contributed by atoms with E-state index in [1.807, 2.05) is 0 Å². The molecule has 9 rings (SSSR count). The van der Waals surface area contributed by atoms with E-state index in [0.29, 0.717) is 6.71 Å². The van der Waals surface area contributed by atoms with Gasteiger partial charge < -0.3 is 4.90 Å². The van der Waals surface area contributed by atoms with Crippen LogP contribution in [-0.2, 0) is 5.41 Å². The van der Waals surface area contributed by atoms with Gasteiger partial charge in [0.05, 0.1) is 5.54 Å². The van der Waals surface area contributed by atoms with E-state index in [9.17, 15) is 0 Å². The van der Waals surface area contributed by atoms with E-state index >= 15 is 0 Å². The van der Waals surface area contributed by atoms with Crippen LogP contribution in [0.25, 0.3) is 33.0 Å². The van der Waals surface area contributed by atoms with Gasteiger partial charge in [0, 0.05) is 16.8 Å². The smallest absolute Gasteiger partial charge is 0.248 e. The molecule has 0 radical (unpaired) electrons. The first-order chi connectivity index (χ1) is 18.6. The Labute approximate surface area is 225 Å². The van der Waals surface area contributed by atoms with E-state index < -0.39 is 0 Å². The van der Waals surface area contributed by atoms with Gasteiger partial charge in [0.25, 0.3) is 0 Å². The van der Waals surface area contributed by atoms with Crippen molar-refractivity contribution in [3.63, 3.8) is 0 Å². The zero-order valence-electron chi connectivity index (χ0n) is 22.1. The summed E-state index contributed by atoms with van der Waals surface area (Å²) in [5.41, 5.74) is 14.7. The van der Waals surface area contributed by atoms with Crippen LogP contribution in [0.1, 0.15) is 45.1 Å². The van der Waals surface area contributed by atoms with Crippen molar-refractivity contribution in [3.8, 4) is 22.3 Å². The summed E-state index contributed by atoms with van der Waals surface area (Å²) in [6, 6.07) is 37.0. The van der Waals surface area contributed by atoms with Crippen LogP contribution in [0.3, 0.4) is 0 Å². The Bertz CT molecular complexity index is 1820. The lowest BCUT2D eigenvalue weighted by Gasteiger charge is -2.51. The van der Waals surface area contributed by atoms with E-state index in [1.165, 1.54) is 86.5 Å². The highest BCUT2D eigenvalue weighted by molar-refractivity contribution is 7.01. The van der Waals surface area contributed by atoms with E-state index in [-0.39, 0.29) is 11.0 Å². The molecule has 182 valence electrons. The van der Waals surface area contributed by atoms with Crippen molar-refractivity contribution in [2.24, 2.45) is 0 Å². The number of hydrogen-bond acceptors (Lipinski definition) is 1. The second kappa shape index (κ2) is 7.00. The highest BCUT2D eigenvalue weighted by atomic mass is 15.3. The molecule has 1 fully saturated rings. The molecule has 5 aromatic rings. The van der Waals surface area contributed by atoms with E-state index in [1.54, 1.807) is 5.56 Å². The third-order valence-electron chi connectivity index (χ3n) is 10.8. The van der Waals surface area contributed by atoms with E-state index in [2.05, 4.69) is 116 Å². The number of rotatable bonds is 1. The van der Waals surface area contributed by atoms with Crippen LogP contribution >= 0.6 is 0 Å². The fourth-order valence-electron chi connectivity index (χ4n) is 8.75. The molecule has 2 atom stereocenters. The molecule has 1 aliphatic carbocycles. The van der Waals surface area contributed by atoms with Gasteiger partial charge in [0.2, 0.25) is 6.71 Å². The van der Waals surface area contributed by atoms with Crippen LogP contribution in [0, 0.1) is 0 Å². The fraction of sp³-hybridized carbons (Fsp3) is 0.222. The predicted molar refractivity (Wildman–Crippen MR) is 162 cm³/mol. The summed E-state index contributed by atoms with van der Waals surface area (Å²) in [6.45, 7) is 5.42. The number of para-hydroxylation sites is 1. The average molecular weight is 487 g/mol. The third-order valence-corrected chi connectivity index (χ3v) is 10.8. The Morgan fingerprint density at radius 3 is 2.26 bits per heavy atom. The molecular formula is C36H30BN. The molecule has 0 aromatic heterocycles. The standard InChI is InChI=1S/C36H30BN/c1-35-17-8-9-18-36(35,2)38-32-22-26(23-11-4-3-5-12-23)20-28-27-19-24-13-6-7-14-25(24)21-31(27)37(33(28)32)30-16-10-15-29(35)34(30)38/h3-7,10-16,19-22H,8-9,17-18H2,1-2H3. The van der Waals surface area contributed by atoms with Gasteiger partial charge in [-0.15, -0.1) is 0 Å². The topological polar surface area (TPSA) is 3.24 Å². The van der Waals surface area contributed by atoms with Crippen molar-refractivity contribution < 1.29 is 0 Å². The first-order valence-corrected chi connectivity index (χ1v) is 14.3. The largest absolute Gasteiger partial charge is 0.335 e. The second-order valence-corrected chi connectivity index (χ2v) is 12.4. The Morgan fingerprint density at radius 1 is 0.658 bits per heavy atom. The van der Waals surface area contributed by atoms with Gasteiger partial charge in [-0.2, -0.15) is 0 Å². The van der Waals surface area contributed by atoms with Gasteiger partial charge in [-0.1, -0.05) is 104 Å². The SMILES string of the molecule is CC12CCCCC1(C)N1c3cc(-c4ccccc4)cc4c3B(c3cc5ccccc5cc3-4)c3cccc2c31. The molecule has 0 spiro atoms. The molecule has 3 aliphatic heterocycles. The predicted octanol–water partition coefficient (Wildman–Crippen LogP) is 7.06. The average Bonchev–Trinajstić information content (AvgIpc) is 3.38. The highest BCUT2D eigenvalue weighted by Gasteiger charge is 2.61. The van der Waals surface area contributed by atoms with E-state index in [4.69, 9.17) is 0 Å². The zero-order chi connectivity index (χ0) is 25.2. The number of nitrogens with zero attached hydrogens (tertiary/aromatic N) is 1. The van der Waals surface area contributed by atoms with Crippen LogP contribution in [-0.4, -0.2) is 12.3 Å². The normalized spacial score (nSPS) is 23.7. The van der Waals surface area contributed by atoms with Gasteiger partial charge in [0.15, 0.2) is 0 Å². The third kappa shape index (κ3) is 2.37. The molecule has 0 saturated heterocycles. The lowest BCUT2D eigenvalue weighted by molar-refractivity contribution is 0.195. The van der Waals surface area contributed by atoms with Crippen LogP contribution in [0.5, 0.6) is 0 Å². The minimum absolute atomic E-state index is 0.0806. The first-order valence-electron chi connectivity index (χ1n) is 14.3. The van der Waals surface area contributed by atoms with E-state index in [0.717, 1.165) is 0 Å². The molecule has 2 unspecified atom stereocenters. The van der Waals surface area contributed by atoms with Gasteiger partial charge >= 0.3 is 0 Å². The van der Waals surface area contributed by atoms with Gasteiger partial charge in [-0.05, 0) is 87.5 Å². The maximum Gasteiger partial charge on any atom is 0.248 e. The molecule has 5 aromatic carbocycles. The summed E-state index contributed by atoms with van der Waals surface area (Å²) in [7, 11) is 0. The van der Waals surface area contributed by atoms with Gasteiger partial charge in [-0.25, -0.2) is 0 Å². The molecule has 0 amide bonds. The van der Waals surface area contributed by atoms with Crippen molar-refractivity contribution >= 4 is 45.2 Å².